The number of nitrogens with zero attached hydrogens (tertiary/aromatic N) is 2. The molecule has 0 radical (unpaired) electrons. The van der Waals surface area contributed by atoms with Crippen LogP contribution < -0.4 is 0 Å². The largest absolute Gasteiger partial charge is 0.478 e. The number of carboxylic acids is 1. The molecule has 0 spiro atoms. The molecule has 1 fully saturated rings. The Balaban J connectivity index is 1.96. The molecule has 0 saturated carbocycles. The smallest absolute Gasteiger partial charge is 0.335 e. The average molecular weight is 260 g/mol. The van der Waals surface area contributed by atoms with E-state index in [1.807, 2.05) is 4.90 Å². The summed E-state index contributed by atoms with van der Waals surface area (Å²) in [4.78, 5) is 29.9. The summed E-state index contributed by atoms with van der Waals surface area (Å²) in [6.07, 6.45) is 8.70. The fraction of sp³-hybridized carbons (Fsp3) is 0.500. The number of rotatable bonds is 1. The number of hydrogen-bond acceptors (Lipinski definition) is 3. The van der Waals surface area contributed by atoms with Crippen LogP contribution in [-0.4, -0.2) is 40.3 Å². The first-order valence-electron chi connectivity index (χ1n) is 6.68. The molecule has 1 aliphatic carbocycles. The molecule has 0 aromatic carbocycles. The summed E-state index contributed by atoms with van der Waals surface area (Å²) in [7, 11) is 0. The van der Waals surface area contributed by atoms with Crippen LogP contribution in [0.5, 0.6) is 0 Å². The van der Waals surface area contributed by atoms with E-state index < -0.39 is 11.9 Å². The molecule has 1 amide bonds. The SMILES string of the molecule is O=C(O)C1=CC2=N[C@H]3CCCCCN3C(=O)[C@H]2C=C1. The van der Waals surface area contributed by atoms with Crippen LogP contribution in [0.1, 0.15) is 25.7 Å². The van der Waals surface area contributed by atoms with E-state index in [0.717, 1.165) is 32.2 Å². The molecule has 100 valence electrons. The van der Waals surface area contributed by atoms with Gasteiger partial charge in [-0.05, 0) is 25.3 Å². The van der Waals surface area contributed by atoms with Crippen molar-refractivity contribution in [3.63, 3.8) is 0 Å². The van der Waals surface area contributed by atoms with Gasteiger partial charge < -0.3 is 10.0 Å². The average Bonchev–Trinajstić information content (AvgIpc) is 2.63. The molecule has 3 rings (SSSR count). The van der Waals surface area contributed by atoms with Crippen LogP contribution in [0.25, 0.3) is 0 Å². The van der Waals surface area contributed by atoms with Gasteiger partial charge in [-0.1, -0.05) is 18.6 Å². The van der Waals surface area contributed by atoms with Crippen LogP contribution in [0.2, 0.25) is 0 Å². The number of allylic oxidation sites excluding steroid dienone is 1. The van der Waals surface area contributed by atoms with Crippen molar-refractivity contribution in [2.75, 3.05) is 6.54 Å². The molecule has 0 bridgehead atoms. The van der Waals surface area contributed by atoms with Crippen molar-refractivity contribution in [1.29, 1.82) is 0 Å². The molecular formula is C14H16N2O3. The van der Waals surface area contributed by atoms with Gasteiger partial charge >= 0.3 is 5.97 Å². The number of aliphatic carboxylic acids is 1. The lowest BCUT2D eigenvalue weighted by Gasteiger charge is -2.35. The molecule has 19 heavy (non-hydrogen) atoms. The maximum atomic E-state index is 12.4. The maximum absolute atomic E-state index is 12.4. The Morgan fingerprint density at radius 1 is 1.37 bits per heavy atom. The first kappa shape index (κ1) is 12.1. The summed E-state index contributed by atoms with van der Waals surface area (Å²) in [5.74, 6) is -1.31. The topological polar surface area (TPSA) is 70.0 Å². The van der Waals surface area contributed by atoms with E-state index >= 15 is 0 Å². The molecule has 5 heteroatoms. The van der Waals surface area contributed by atoms with Crippen LogP contribution in [0.15, 0.2) is 28.8 Å². The summed E-state index contributed by atoms with van der Waals surface area (Å²) in [6.45, 7) is 0.764. The number of aliphatic imine (C=N–C) groups is 1. The lowest BCUT2D eigenvalue weighted by Crippen LogP contribution is -2.48. The van der Waals surface area contributed by atoms with E-state index in [1.165, 1.54) is 12.2 Å². The van der Waals surface area contributed by atoms with Gasteiger partial charge in [0.15, 0.2) is 0 Å². The summed E-state index contributed by atoms with van der Waals surface area (Å²) >= 11 is 0. The molecule has 0 unspecified atom stereocenters. The lowest BCUT2D eigenvalue weighted by molar-refractivity contribution is -0.135. The van der Waals surface area contributed by atoms with Gasteiger partial charge in [0.05, 0.1) is 17.2 Å². The molecular weight excluding hydrogens is 244 g/mol. The maximum Gasteiger partial charge on any atom is 0.335 e. The zero-order valence-corrected chi connectivity index (χ0v) is 10.6. The van der Waals surface area contributed by atoms with Crippen molar-refractivity contribution in [3.8, 4) is 0 Å². The van der Waals surface area contributed by atoms with Gasteiger partial charge in [-0.15, -0.1) is 0 Å². The highest BCUT2D eigenvalue weighted by molar-refractivity contribution is 6.16. The van der Waals surface area contributed by atoms with Crippen molar-refractivity contribution < 1.29 is 14.7 Å². The van der Waals surface area contributed by atoms with Gasteiger partial charge in [-0.25, -0.2) is 4.79 Å². The fourth-order valence-electron chi connectivity index (χ4n) is 2.89. The molecule has 1 saturated heterocycles. The molecule has 3 aliphatic rings. The van der Waals surface area contributed by atoms with Crippen LogP contribution in [0.4, 0.5) is 0 Å². The standard InChI is InChI=1S/C14H16N2O3/c17-13-10-6-5-9(14(18)19)8-11(10)15-12-4-2-1-3-7-16(12)13/h5-6,8,10,12H,1-4,7H2,(H,18,19)/t10-,12+/m0/s1. The van der Waals surface area contributed by atoms with Gasteiger partial charge in [0.2, 0.25) is 5.91 Å². The molecule has 5 nitrogen and oxygen atoms in total. The third-order valence-corrected chi connectivity index (χ3v) is 3.91. The van der Waals surface area contributed by atoms with Gasteiger partial charge in [0.1, 0.15) is 6.17 Å². The molecule has 2 atom stereocenters. The number of carboxylic acid groups (broad SMARTS) is 1. The minimum absolute atomic E-state index is 0.0637. The first-order valence-corrected chi connectivity index (χ1v) is 6.68. The Hall–Kier alpha value is -1.91. The van der Waals surface area contributed by atoms with E-state index in [2.05, 4.69) is 4.99 Å². The Morgan fingerprint density at radius 2 is 2.21 bits per heavy atom. The molecule has 0 aromatic rings. The van der Waals surface area contributed by atoms with Crippen LogP contribution in [-0.2, 0) is 9.59 Å². The summed E-state index contributed by atoms with van der Waals surface area (Å²) in [6, 6.07) is 0. The van der Waals surface area contributed by atoms with Gasteiger partial charge in [-0.2, -0.15) is 0 Å². The van der Waals surface area contributed by atoms with E-state index in [1.54, 1.807) is 6.08 Å². The van der Waals surface area contributed by atoms with Gasteiger partial charge in [0.25, 0.3) is 0 Å². The van der Waals surface area contributed by atoms with Crippen molar-refractivity contribution in [1.82, 2.24) is 4.90 Å². The monoisotopic (exact) mass is 260 g/mol. The zero-order valence-electron chi connectivity index (χ0n) is 10.6. The van der Waals surface area contributed by atoms with E-state index in [-0.39, 0.29) is 17.6 Å². The highest BCUT2D eigenvalue weighted by atomic mass is 16.4. The Bertz CT molecular complexity index is 519. The fourth-order valence-corrected chi connectivity index (χ4v) is 2.89. The molecule has 0 aromatic heterocycles. The van der Waals surface area contributed by atoms with Crippen molar-refractivity contribution in [2.45, 2.75) is 31.8 Å². The number of amides is 1. The van der Waals surface area contributed by atoms with E-state index in [0.29, 0.717) is 5.71 Å². The quantitative estimate of drug-likeness (QED) is 0.774. The summed E-state index contributed by atoms with van der Waals surface area (Å²) < 4.78 is 0. The zero-order chi connectivity index (χ0) is 13.4. The lowest BCUT2D eigenvalue weighted by atomic mass is 9.91. The Morgan fingerprint density at radius 3 is 3.00 bits per heavy atom. The molecule has 1 N–H and O–H groups in total. The van der Waals surface area contributed by atoms with Crippen molar-refractivity contribution >= 4 is 17.6 Å². The number of carbonyl (C=O) groups excluding carboxylic acids is 1. The highest BCUT2D eigenvalue weighted by Crippen LogP contribution is 2.28. The first-order chi connectivity index (χ1) is 9.16. The third kappa shape index (κ3) is 2.09. The summed E-state index contributed by atoms with van der Waals surface area (Å²) in [5, 5.41) is 9.00. The minimum Gasteiger partial charge on any atom is -0.478 e. The molecule has 2 heterocycles. The number of fused-ring (bicyclic) bond motifs is 2. The second-order valence-electron chi connectivity index (χ2n) is 5.16. The number of carbonyl (C=O) groups is 2. The van der Waals surface area contributed by atoms with Gasteiger partial charge in [-0.3, -0.25) is 9.79 Å². The number of hydrogen-bond donors (Lipinski definition) is 1. The van der Waals surface area contributed by atoms with Crippen LogP contribution in [0, 0.1) is 5.92 Å². The highest BCUT2D eigenvalue weighted by Gasteiger charge is 2.37. The second kappa shape index (κ2) is 4.64. The van der Waals surface area contributed by atoms with Crippen molar-refractivity contribution in [2.24, 2.45) is 10.9 Å². The van der Waals surface area contributed by atoms with Crippen LogP contribution in [0.3, 0.4) is 0 Å². The predicted molar refractivity (Wildman–Crippen MR) is 69.8 cm³/mol. The van der Waals surface area contributed by atoms with Gasteiger partial charge in [0, 0.05) is 6.54 Å². The molecule has 2 aliphatic heterocycles. The predicted octanol–water partition coefficient (Wildman–Crippen LogP) is 1.37. The van der Waals surface area contributed by atoms with Crippen LogP contribution >= 0.6 is 0 Å². The Labute approximate surface area is 111 Å². The normalized spacial score (nSPS) is 29.9. The van der Waals surface area contributed by atoms with Crippen molar-refractivity contribution in [3.05, 3.63) is 23.8 Å². The Kier molecular flexibility index (Phi) is 2.97. The summed E-state index contributed by atoms with van der Waals surface area (Å²) in [5.41, 5.74) is 0.804. The second-order valence-corrected chi connectivity index (χ2v) is 5.16. The van der Waals surface area contributed by atoms with E-state index in [4.69, 9.17) is 5.11 Å². The third-order valence-electron chi connectivity index (χ3n) is 3.91. The minimum atomic E-state index is -0.979. The van der Waals surface area contributed by atoms with E-state index in [9.17, 15) is 9.59 Å².